The summed E-state index contributed by atoms with van der Waals surface area (Å²) in [4.78, 5) is 28.8. The van der Waals surface area contributed by atoms with E-state index in [9.17, 15) is 22.8 Å². The van der Waals surface area contributed by atoms with Gasteiger partial charge in [0, 0.05) is 32.5 Å². The second-order valence-electron chi connectivity index (χ2n) is 10.1. The van der Waals surface area contributed by atoms with Crippen molar-refractivity contribution in [3.05, 3.63) is 34.1 Å². The average molecular weight is 497 g/mol. The molecule has 2 saturated carbocycles. The molecule has 182 valence electrons. The quantitative estimate of drug-likeness (QED) is 0.614. The van der Waals surface area contributed by atoms with Gasteiger partial charge in [0.25, 0.3) is 5.91 Å². The molecule has 4 fully saturated rings. The lowest BCUT2D eigenvalue weighted by atomic mass is 9.91. The third-order valence-electron chi connectivity index (χ3n) is 7.42. The minimum absolute atomic E-state index is 0.0683. The molecule has 2 aromatic heterocycles. The van der Waals surface area contributed by atoms with Crippen LogP contribution in [0.1, 0.15) is 66.2 Å². The third kappa shape index (κ3) is 3.79. The maximum Gasteiger partial charge on any atom is 0.433 e. The highest BCUT2D eigenvalue weighted by Crippen LogP contribution is 2.44. The van der Waals surface area contributed by atoms with Gasteiger partial charge >= 0.3 is 12.3 Å². The summed E-state index contributed by atoms with van der Waals surface area (Å²) in [6, 6.07) is 2.71. The number of halogens is 4. The van der Waals surface area contributed by atoms with E-state index < -0.39 is 23.4 Å². The smallest absolute Gasteiger partial charge is 0.433 e. The van der Waals surface area contributed by atoms with E-state index in [1.54, 1.807) is 11.0 Å². The van der Waals surface area contributed by atoms with E-state index in [-0.39, 0.29) is 28.2 Å². The zero-order valence-corrected chi connectivity index (χ0v) is 19.2. The van der Waals surface area contributed by atoms with Crippen molar-refractivity contribution in [3.8, 4) is 0 Å². The van der Waals surface area contributed by atoms with Crippen LogP contribution in [0.25, 0.3) is 5.52 Å². The van der Waals surface area contributed by atoms with E-state index >= 15 is 0 Å². The maximum atomic E-state index is 13.7. The lowest BCUT2D eigenvalue weighted by molar-refractivity contribution is -0.142. The van der Waals surface area contributed by atoms with Crippen LogP contribution >= 0.6 is 11.6 Å². The molecule has 0 radical (unpaired) electrons. The molecule has 2 amide bonds. The highest BCUT2D eigenvalue weighted by Gasteiger charge is 2.49. The largest absolute Gasteiger partial charge is 0.441 e. The van der Waals surface area contributed by atoms with E-state index in [2.05, 4.69) is 5.10 Å². The zero-order chi connectivity index (χ0) is 23.8. The van der Waals surface area contributed by atoms with Gasteiger partial charge in [-0.2, -0.15) is 18.3 Å². The van der Waals surface area contributed by atoms with Crippen molar-refractivity contribution < 1.29 is 27.5 Å². The second-order valence-corrected chi connectivity index (χ2v) is 10.5. The Balaban J connectivity index is 1.23. The van der Waals surface area contributed by atoms with Crippen LogP contribution in [0.5, 0.6) is 0 Å². The normalized spacial score (nSPS) is 22.6. The summed E-state index contributed by atoms with van der Waals surface area (Å²) < 4.78 is 47.7. The molecule has 2 aliphatic carbocycles. The molecular formula is C23H24ClF3N4O3. The van der Waals surface area contributed by atoms with E-state index in [4.69, 9.17) is 16.3 Å². The maximum absolute atomic E-state index is 13.7. The molecule has 2 aliphatic heterocycles. The number of carbonyl (C=O) groups is 2. The summed E-state index contributed by atoms with van der Waals surface area (Å²) in [5.41, 5.74) is -1.07. The Morgan fingerprint density at radius 2 is 1.88 bits per heavy atom. The van der Waals surface area contributed by atoms with E-state index in [0.717, 1.165) is 36.3 Å². The number of ether oxygens (including phenoxy) is 1. The molecule has 4 aliphatic rings. The van der Waals surface area contributed by atoms with Crippen LogP contribution in [0.15, 0.2) is 12.1 Å². The third-order valence-corrected chi connectivity index (χ3v) is 7.79. The standard InChI is InChI=1S/C23H24ClF3N4O3/c24-18-16-9-15(14-3-4-14)10-17(23(25,26)27)31(16)28-19(18)20(32)29-7-5-22(6-8-29)12-30(21(33)34-22)11-13-1-2-13/h9-10,13-14H,1-8,11-12H2. The number of alkyl halides is 3. The number of pyridine rings is 1. The molecule has 34 heavy (non-hydrogen) atoms. The Labute approximate surface area is 198 Å². The number of carbonyl (C=O) groups excluding carboxylic acids is 2. The average Bonchev–Trinajstić information content (AvgIpc) is 3.71. The molecule has 0 aromatic carbocycles. The van der Waals surface area contributed by atoms with Crippen LogP contribution in [0.2, 0.25) is 5.02 Å². The van der Waals surface area contributed by atoms with Crippen molar-refractivity contribution >= 4 is 29.1 Å². The number of amides is 2. The Morgan fingerprint density at radius 3 is 2.50 bits per heavy atom. The molecule has 4 heterocycles. The van der Waals surface area contributed by atoms with Crippen molar-refractivity contribution in [1.29, 1.82) is 0 Å². The van der Waals surface area contributed by atoms with Gasteiger partial charge in [0.05, 0.1) is 17.1 Å². The predicted molar refractivity (Wildman–Crippen MR) is 116 cm³/mol. The number of aromatic nitrogens is 2. The number of rotatable bonds is 4. The van der Waals surface area contributed by atoms with Gasteiger partial charge < -0.3 is 14.5 Å². The second kappa shape index (κ2) is 7.50. The lowest BCUT2D eigenvalue weighted by Gasteiger charge is -2.37. The van der Waals surface area contributed by atoms with Crippen molar-refractivity contribution in [2.24, 2.45) is 5.92 Å². The molecule has 6 rings (SSSR count). The van der Waals surface area contributed by atoms with Gasteiger partial charge in [-0.25, -0.2) is 9.31 Å². The fraction of sp³-hybridized carbons (Fsp3) is 0.609. The van der Waals surface area contributed by atoms with Gasteiger partial charge in [-0.1, -0.05) is 11.6 Å². The van der Waals surface area contributed by atoms with Crippen LogP contribution < -0.4 is 0 Å². The van der Waals surface area contributed by atoms with E-state index in [0.29, 0.717) is 50.5 Å². The Morgan fingerprint density at radius 1 is 1.18 bits per heavy atom. The number of likely N-dealkylation sites (tertiary alicyclic amines) is 1. The van der Waals surface area contributed by atoms with Crippen molar-refractivity contribution in [2.45, 2.75) is 56.2 Å². The number of hydrogen-bond acceptors (Lipinski definition) is 4. The van der Waals surface area contributed by atoms with Crippen LogP contribution in [-0.2, 0) is 10.9 Å². The summed E-state index contributed by atoms with van der Waals surface area (Å²) in [6.07, 6.45) is -0.0524. The van der Waals surface area contributed by atoms with Gasteiger partial charge in [0.1, 0.15) is 11.3 Å². The molecule has 2 aromatic rings. The molecule has 0 N–H and O–H groups in total. The SMILES string of the molecule is O=C1OC2(CCN(C(=O)c3nn4c(C(F)(F)F)cc(C5CC5)cc4c3Cl)CC2)CN1CC1CC1. The summed E-state index contributed by atoms with van der Waals surface area (Å²) in [5, 5.41) is 3.94. The van der Waals surface area contributed by atoms with Crippen molar-refractivity contribution in [1.82, 2.24) is 19.4 Å². The van der Waals surface area contributed by atoms with Crippen LogP contribution in [0, 0.1) is 5.92 Å². The number of piperidine rings is 1. The Kier molecular flexibility index (Phi) is 4.86. The minimum Gasteiger partial charge on any atom is -0.441 e. The number of nitrogens with zero attached hydrogens (tertiary/aromatic N) is 4. The molecule has 0 atom stereocenters. The monoisotopic (exact) mass is 496 g/mol. The highest BCUT2D eigenvalue weighted by molar-refractivity contribution is 6.36. The fourth-order valence-electron chi connectivity index (χ4n) is 5.10. The van der Waals surface area contributed by atoms with Gasteiger partial charge in [0.2, 0.25) is 0 Å². The Hall–Kier alpha value is -2.49. The highest BCUT2D eigenvalue weighted by atomic mass is 35.5. The van der Waals surface area contributed by atoms with Gasteiger partial charge in [-0.15, -0.1) is 0 Å². The minimum atomic E-state index is -4.63. The molecule has 1 spiro atoms. The zero-order valence-electron chi connectivity index (χ0n) is 18.4. The summed E-state index contributed by atoms with van der Waals surface area (Å²) >= 11 is 6.43. The van der Waals surface area contributed by atoms with Crippen molar-refractivity contribution in [2.75, 3.05) is 26.2 Å². The van der Waals surface area contributed by atoms with E-state index in [1.165, 1.54) is 4.90 Å². The first-order chi connectivity index (χ1) is 16.1. The van der Waals surface area contributed by atoms with Gasteiger partial charge in [-0.05, 0) is 55.2 Å². The fourth-order valence-corrected chi connectivity index (χ4v) is 5.36. The number of hydrogen-bond donors (Lipinski definition) is 0. The first-order valence-electron chi connectivity index (χ1n) is 11.7. The molecule has 0 unspecified atom stereocenters. The molecular weight excluding hydrogens is 473 g/mol. The molecule has 11 heteroatoms. The van der Waals surface area contributed by atoms with Crippen LogP contribution in [0.4, 0.5) is 18.0 Å². The number of fused-ring (bicyclic) bond motifs is 1. The topological polar surface area (TPSA) is 67.1 Å². The van der Waals surface area contributed by atoms with Gasteiger partial charge in [0.15, 0.2) is 5.69 Å². The van der Waals surface area contributed by atoms with E-state index in [1.807, 2.05) is 0 Å². The summed E-state index contributed by atoms with van der Waals surface area (Å²) in [6.45, 7) is 1.85. The predicted octanol–water partition coefficient (Wildman–Crippen LogP) is 4.72. The lowest BCUT2D eigenvalue weighted by Crippen LogP contribution is -2.49. The first-order valence-corrected chi connectivity index (χ1v) is 12.1. The van der Waals surface area contributed by atoms with Crippen LogP contribution in [0.3, 0.4) is 0 Å². The van der Waals surface area contributed by atoms with Crippen molar-refractivity contribution in [3.63, 3.8) is 0 Å². The van der Waals surface area contributed by atoms with Crippen LogP contribution in [-0.4, -0.2) is 63.2 Å². The summed E-state index contributed by atoms with van der Waals surface area (Å²) in [5.74, 6) is 0.135. The molecule has 7 nitrogen and oxygen atoms in total. The molecule has 0 bridgehead atoms. The summed E-state index contributed by atoms with van der Waals surface area (Å²) in [7, 11) is 0. The van der Waals surface area contributed by atoms with Gasteiger partial charge in [-0.3, -0.25) is 4.79 Å². The molecule has 2 saturated heterocycles. The first kappa shape index (κ1) is 22.0. The Bertz CT molecular complexity index is 1180.